The third kappa shape index (κ3) is 5.01. The van der Waals surface area contributed by atoms with Gasteiger partial charge in [-0.3, -0.25) is 4.79 Å². The van der Waals surface area contributed by atoms with Crippen LogP contribution in [-0.2, 0) is 11.0 Å². The molecule has 1 amide bonds. The lowest BCUT2D eigenvalue weighted by Crippen LogP contribution is -2.31. The molecule has 0 spiro atoms. The Morgan fingerprint density at radius 1 is 1.17 bits per heavy atom. The van der Waals surface area contributed by atoms with Crippen molar-refractivity contribution >= 4 is 5.91 Å². The van der Waals surface area contributed by atoms with Crippen molar-refractivity contribution in [2.75, 3.05) is 6.61 Å². The minimum atomic E-state index is -4.44. The van der Waals surface area contributed by atoms with E-state index in [4.69, 9.17) is 4.74 Å². The Hall–Kier alpha value is -2.50. The summed E-state index contributed by atoms with van der Waals surface area (Å²) < 4.78 is 43.0. The third-order valence-corrected chi connectivity index (χ3v) is 3.49. The molecule has 3 nitrogen and oxygen atoms in total. The number of benzene rings is 2. The number of halogens is 3. The maximum atomic E-state index is 12.6. The summed E-state index contributed by atoms with van der Waals surface area (Å²) in [4.78, 5) is 11.9. The zero-order valence-corrected chi connectivity index (χ0v) is 13.4. The van der Waals surface area contributed by atoms with Crippen LogP contribution in [0, 0.1) is 6.92 Å². The van der Waals surface area contributed by atoms with Gasteiger partial charge in [-0.15, -0.1) is 0 Å². The van der Waals surface area contributed by atoms with Crippen molar-refractivity contribution in [2.45, 2.75) is 26.1 Å². The van der Waals surface area contributed by atoms with Crippen molar-refractivity contribution in [1.29, 1.82) is 0 Å². The fourth-order valence-corrected chi connectivity index (χ4v) is 2.13. The maximum Gasteiger partial charge on any atom is 0.416 e. The first-order valence-corrected chi connectivity index (χ1v) is 7.41. The van der Waals surface area contributed by atoms with E-state index < -0.39 is 17.6 Å². The molecule has 24 heavy (non-hydrogen) atoms. The second-order valence-corrected chi connectivity index (χ2v) is 5.51. The molecule has 1 atom stereocenters. The molecule has 0 bridgehead atoms. The molecule has 2 aromatic rings. The number of hydrogen-bond acceptors (Lipinski definition) is 2. The van der Waals surface area contributed by atoms with Gasteiger partial charge in [0.05, 0.1) is 11.6 Å². The molecular weight excluding hydrogens is 319 g/mol. The highest BCUT2D eigenvalue weighted by atomic mass is 19.4. The van der Waals surface area contributed by atoms with Crippen molar-refractivity contribution in [3.05, 3.63) is 65.2 Å². The zero-order valence-electron chi connectivity index (χ0n) is 13.4. The summed E-state index contributed by atoms with van der Waals surface area (Å²) in [5, 5.41) is 2.74. The van der Waals surface area contributed by atoms with E-state index in [2.05, 4.69) is 5.32 Å². The third-order valence-electron chi connectivity index (χ3n) is 3.49. The Kier molecular flexibility index (Phi) is 5.49. The Morgan fingerprint density at radius 3 is 2.46 bits per heavy atom. The summed E-state index contributed by atoms with van der Waals surface area (Å²) in [6, 6.07) is 11.9. The van der Waals surface area contributed by atoms with E-state index in [0.717, 1.165) is 23.3 Å². The SMILES string of the molecule is Cc1ccc([C@H](C)NC(=O)COc2cccc(C(F)(F)F)c2)cc1. The lowest BCUT2D eigenvalue weighted by Gasteiger charge is -2.15. The molecule has 1 N–H and O–H groups in total. The molecule has 0 unspecified atom stereocenters. The summed E-state index contributed by atoms with van der Waals surface area (Å²) in [5.74, 6) is -0.400. The van der Waals surface area contributed by atoms with Gasteiger partial charge in [0.2, 0.25) is 0 Å². The van der Waals surface area contributed by atoms with Crippen LogP contribution in [-0.4, -0.2) is 12.5 Å². The van der Waals surface area contributed by atoms with Gasteiger partial charge in [0.15, 0.2) is 6.61 Å². The molecule has 2 aromatic carbocycles. The smallest absolute Gasteiger partial charge is 0.416 e. The van der Waals surface area contributed by atoms with Crippen LogP contribution in [0.25, 0.3) is 0 Å². The molecule has 0 fully saturated rings. The largest absolute Gasteiger partial charge is 0.484 e. The van der Waals surface area contributed by atoms with Gasteiger partial charge in [-0.1, -0.05) is 35.9 Å². The maximum absolute atomic E-state index is 12.6. The number of nitrogens with one attached hydrogen (secondary N) is 1. The highest BCUT2D eigenvalue weighted by Crippen LogP contribution is 2.31. The summed E-state index contributed by atoms with van der Waals surface area (Å²) in [5.41, 5.74) is 1.24. The summed E-state index contributed by atoms with van der Waals surface area (Å²) in [6.07, 6.45) is -4.44. The lowest BCUT2D eigenvalue weighted by atomic mass is 10.1. The van der Waals surface area contributed by atoms with E-state index in [-0.39, 0.29) is 18.4 Å². The van der Waals surface area contributed by atoms with Crippen molar-refractivity contribution in [3.8, 4) is 5.75 Å². The Balaban J connectivity index is 1.90. The number of aryl methyl sites for hydroxylation is 1. The predicted octanol–water partition coefficient (Wildman–Crippen LogP) is 4.27. The highest BCUT2D eigenvalue weighted by Gasteiger charge is 2.30. The van der Waals surface area contributed by atoms with Crippen LogP contribution in [0.4, 0.5) is 13.2 Å². The first-order chi connectivity index (χ1) is 11.3. The molecule has 6 heteroatoms. The van der Waals surface area contributed by atoms with Gasteiger partial charge in [0.1, 0.15) is 5.75 Å². The van der Waals surface area contributed by atoms with Crippen LogP contribution in [0.2, 0.25) is 0 Å². The monoisotopic (exact) mass is 337 g/mol. The van der Waals surface area contributed by atoms with Crippen LogP contribution in [0.5, 0.6) is 5.75 Å². The Labute approximate surface area is 138 Å². The van der Waals surface area contributed by atoms with E-state index in [1.807, 2.05) is 38.1 Å². The average Bonchev–Trinajstić information content (AvgIpc) is 2.53. The molecule has 0 aliphatic carbocycles. The van der Waals surface area contributed by atoms with E-state index in [0.29, 0.717) is 0 Å². The van der Waals surface area contributed by atoms with Crippen molar-refractivity contribution < 1.29 is 22.7 Å². The first-order valence-electron chi connectivity index (χ1n) is 7.41. The molecule has 0 aliphatic rings. The van der Waals surface area contributed by atoms with Gasteiger partial charge >= 0.3 is 6.18 Å². The number of alkyl halides is 3. The van der Waals surface area contributed by atoms with E-state index in [9.17, 15) is 18.0 Å². The molecule has 0 saturated carbocycles. The van der Waals surface area contributed by atoms with Crippen molar-refractivity contribution in [3.63, 3.8) is 0 Å². The number of ether oxygens (including phenoxy) is 1. The number of amides is 1. The fourth-order valence-electron chi connectivity index (χ4n) is 2.13. The topological polar surface area (TPSA) is 38.3 Å². The highest BCUT2D eigenvalue weighted by molar-refractivity contribution is 5.78. The molecule has 0 aromatic heterocycles. The van der Waals surface area contributed by atoms with Gasteiger partial charge in [-0.25, -0.2) is 0 Å². The molecular formula is C18H18F3NO2. The quantitative estimate of drug-likeness (QED) is 0.885. The summed E-state index contributed by atoms with van der Waals surface area (Å²) >= 11 is 0. The molecule has 0 aliphatic heterocycles. The molecule has 2 rings (SSSR count). The Bertz CT molecular complexity index is 696. The zero-order chi connectivity index (χ0) is 17.7. The summed E-state index contributed by atoms with van der Waals surface area (Å²) in [6.45, 7) is 3.44. The normalized spacial score (nSPS) is 12.5. The van der Waals surface area contributed by atoms with E-state index >= 15 is 0 Å². The summed E-state index contributed by atoms with van der Waals surface area (Å²) in [7, 11) is 0. The van der Waals surface area contributed by atoms with Gasteiger partial charge in [-0.2, -0.15) is 13.2 Å². The van der Waals surface area contributed by atoms with Gasteiger partial charge < -0.3 is 10.1 Å². The fraction of sp³-hybridized carbons (Fsp3) is 0.278. The number of carbonyl (C=O) groups is 1. The van der Waals surface area contributed by atoms with Gasteiger partial charge in [0.25, 0.3) is 5.91 Å². The second-order valence-electron chi connectivity index (χ2n) is 5.51. The first kappa shape index (κ1) is 17.8. The van der Waals surface area contributed by atoms with E-state index in [1.54, 1.807) is 0 Å². The van der Waals surface area contributed by atoms with Gasteiger partial charge in [-0.05, 0) is 37.6 Å². The van der Waals surface area contributed by atoms with Crippen LogP contribution in [0.1, 0.15) is 29.7 Å². The average molecular weight is 337 g/mol. The van der Waals surface area contributed by atoms with Crippen LogP contribution < -0.4 is 10.1 Å². The lowest BCUT2D eigenvalue weighted by molar-refractivity contribution is -0.137. The second kappa shape index (κ2) is 7.38. The van der Waals surface area contributed by atoms with Crippen LogP contribution >= 0.6 is 0 Å². The van der Waals surface area contributed by atoms with Crippen molar-refractivity contribution in [2.24, 2.45) is 0 Å². The molecule has 0 heterocycles. The predicted molar refractivity (Wildman–Crippen MR) is 84.7 cm³/mol. The standard InChI is InChI=1S/C18H18F3NO2/c1-12-6-8-14(9-7-12)13(2)22-17(23)11-24-16-5-3-4-15(10-16)18(19,20)21/h3-10,13H,11H2,1-2H3,(H,22,23)/t13-/m0/s1. The number of hydrogen-bond donors (Lipinski definition) is 1. The minimum Gasteiger partial charge on any atom is -0.484 e. The molecule has 0 saturated heterocycles. The van der Waals surface area contributed by atoms with Crippen LogP contribution in [0.15, 0.2) is 48.5 Å². The molecule has 0 radical (unpaired) electrons. The number of carbonyl (C=O) groups excluding carboxylic acids is 1. The molecule has 128 valence electrons. The van der Waals surface area contributed by atoms with Gasteiger partial charge in [0, 0.05) is 0 Å². The van der Waals surface area contributed by atoms with E-state index in [1.165, 1.54) is 12.1 Å². The van der Waals surface area contributed by atoms with Crippen LogP contribution in [0.3, 0.4) is 0 Å². The minimum absolute atomic E-state index is 0.00274. The number of rotatable bonds is 5. The Morgan fingerprint density at radius 2 is 1.83 bits per heavy atom. The van der Waals surface area contributed by atoms with Crippen molar-refractivity contribution in [1.82, 2.24) is 5.32 Å².